The fraction of sp³-hybridized carbons (Fsp3) is 0.850. The molecule has 0 bridgehead atoms. The number of nitrogens with zero attached hydrogens (tertiary/aromatic N) is 1. The number of hydrogen-bond donors (Lipinski definition) is 2. The molecule has 0 unspecified atom stereocenters. The van der Waals surface area contributed by atoms with Crippen LogP contribution < -0.4 is 10.6 Å². The van der Waals surface area contributed by atoms with Gasteiger partial charge in [0, 0.05) is 38.5 Å². The predicted molar refractivity (Wildman–Crippen MR) is 103 cm³/mol. The van der Waals surface area contributed by atoms with Crippen LogP contribution in [0.15, 0.2) is 0 Å². The summed E-state index contributed by atoms with van der Waals surface area (Å²) in [6.45, 7) is 6.97. The number of likely N-dealkylation sites (tertiary alicyclic amines) is 1. The second kappa shape index (κ2) is 9.95. The van der Waals surface area contributed by atoms with Crippen LogP contribution in [0.3, 0.4) is 0 Å². The molecule has 3 amide bonds. The van der Waals surface area contributed by atoms with Crippen LogP contribution in [0.2, 0.25) is 0 Å². The van der Waals surface area contributed by atoms with Gasteiger partial charge in [0.25, 0.3) is 0 Å². The molecule has 0 aromatic rings. The smallest absolute Gasteiger partial charge is 0.407 e. The lowest BCUT2D eigenvalue weighted by molar-refractivity contribution is -0.132. The van der Waals surface area contributed by atoms with Crippen molar-refractivity contribution in [2.24, 2.45) is 5.92 Å². The van der Waals surface area contributed by atoms with Gasteiger partial charge in [-0.2, -0.15) is 0 Å². The molecule has 1 heterocycles. The number of ether oxygens (including phenoxy) is 1. The third-order valence-electron chi connectivity index (χ3n) is 5.17. The number of piperidine rings is 1. The molecule has 154 valence electrons. The van der Waals surface area contributed by atoms with E-state index in [-0.39, 0.29) is 30.8 Å². The highest BCUT2D eigenvalue weighted by Gasteiger charge is 2.25. The molecule has 0 aromatic carbocycles. The molecule has 2 rings (SSSR count). The van der Waals surface area contributed by atoms with Crippen LogP contribution in [0.25, 0.3) is 0 Å². The SMILES string of the molecule is CC(C)(C)OC(=O)NCCC(=O)N1CCC(NC(=O)CC2CCCC2)CC1. The Morgan fingerprint density at radius 3 is 2.26 bits per heavy atom. The molecule has 1 saturated heterocycles. The van der Waals surface area contributed by atoms with Crippen LogP contribution in [-0.2, 0) is 14.3 Å². The molecule has 0 aromatic heterocycles. The molecule has 2 aliphatic rings. The number of carbonyl (C=O) groups excluding carboxylic acids is 3. The van der Waals surface area contributed by atoms with Crippen molar-refractivity contribution in [2.75, 3.05) is 19.6 Å². The maximum absolute atomic E-state index is 12.3. The Morgan fingerprint density at radius 1 is 1.04 bits per heavy atom. The summed E-state index contributed by atoms with van der Waals surface area (Å²) >= 11 is 0. The van der Waals surface area contributed by atoms with E-state index < -0.39 is 11.7 Å². The number of hydrogen-bond acceptors (Lipinski definition) is 4. The fourth-order valence-electron chi connectivity index (χ4n) is 3.78. The van der Waals surface area contributed by atoms with Crippen molar-refractivity contribution in [3.8, 4) is 0 Å². The second-order valence-corrected chi connectivity index (χ2v) is 8.76. The van der Waals surface area contributed by atoms with E-state index in [1.54, 1.807) is 20.8 Å². The highest BCUT2D eigenvalue weighted by molar-refractivity contribution is 5.78. The van der Waals surface area contributed by atoms with Crippen LogP contribution >= 0.6 is 0 Å². The summed E-state index contributed by atoms with van der Waals surface area (Å²) in [7, 11) is 0. The van der Waals surface area contributed by atoms with Gasteiger partial charge in [0.05, 0.1) is 0 Å². The Bertz CT molecular complexity index is 516. The van der Waals surface area contributed by atoms with Gasteiger partial charge in [-0.25, -0.2) is 4.79 Å². The summed E-state index contributed by atoms with van der Waals surface area (Å²) in [6.07, 6.45) is 6.85. The molecule has 0 spiro atoms. The molecule has 2 fully saturated rings. The summed E-state index contributed by atoms with van der Waals surface area (Å²) in [5.74, 6) is 0.749. The Kier molecular flexibility index (Phi) is 7.92. The third kappa shape index (κ3) is 8.18. The van der Waals surface area contributed by atoms with Crippen LogP contribution in [-0.4, -0.2) is 54.1 Å². The first-order valence-corrected chi connectivity index (χ1v) is 10.3. The Morgan fingerprint density at radius 2 is 1.67 bits per heavy atom. The molecule has 0 radical (unpaired) electrons. The lowest BCUT2D eigenvalue weighted by Crippen LogP contribution is -2.47. The molecular formula is C20H35N3O4. The zero-order valence-corrected chi connectivity index (χ0v) is 17.0. The Balaban J connectivity index is 1.59. The van der Waals surface area contributed by atoms with E-state index >= 15 is 0 Å². The molecule has 0 atom stereocenters. The zero-order valence-electron chi connectivity index (χ0n) is 17.0. The monoisotopic (exact) mass is 381 g/mol. The van der Waals surface area contributed by atoms with Gasteiger partial charge in [0.15, 0.2) is 0 Å². The van der Waals surface area contributed by atoms with Gasteiger partial charge in [-0.05, 0) is 52.4 Å². The molecule has 7 nitrogen and oxygen atoms in total. The van der Waals surface area contributed by atoms with Crippen molar-refractivity contribution < 1.29 is 19.1 Å². The van der Waals surface area contributed by atoms with Crippen molar-refractivity contribution in [1.29, 1.82) is 0 Å². The number of alkyl carbamates (subject to hydrolysis) is 1. The maximum Gasteiger partial charge on any atom is 0.407 e. The average molecular weight is 382 g/mol. The standard InChI is InChI=1S/C20H35N3O4/c1-20(2,3)27-19(26)21-11-8-18(25)23-12-9-16(10-13-23)22-17(24)14-15-6-4-5-7-15/h15-16H,4-14H2,1-3H3,(H,21,26)(H,22,24). The number of nitrogens with one attached hydrogen (secondary N) is 2. The van der Waals surface area contributed by atoms with Crippen molar-refractivity contribution in [2.45, 2.75) is 83.8 Å². The second-order valence-electron chi connectivity index (χ2n) is 8.76. The molecule has 2 N–H and O–H groups in total. The summed E-state index contributed by atoms with van der Waals surface area (Å²) < 4.78 is 5.15. The minimum Gasteiger partial charge on any atom is -0.444 e. The van der Waals surface area contributed by atoms with E-state index in [4.69, 9.17) is 4.74 Å². The Labute approximate surface area is 162 Å². The summed E-state index contributed by atoms with van der Waals surface area (Å²) in [5.41, 5.74) is -0.543. The zero-order chi connectivity index (χ0) is 19.9. The van der Waals surface area contributed by atoms with Crippen molar-refractivity contribution in [3.05, 3.63) is 0 Å². The van der Waals surface area contributed by atoms with Gasteiger partial charge in [-0.15, -0.1) is 0 Å². The maximum atomic E-state index is 12.3. The molecule has 27 heavy (non-hydrogen) atoms. The third-order valence-corrected chi connectivity index (χ3v) is 5.17. The molecule has 1 aliphatic heterocycles. The van der Waals surface area contributed by atoms with E-state index in [9.17, 15) is 14.4 Å². The summed E-state index contributed by atoms with van der Waals surface area (Å²) in [6, 6.07) is 0.169. The van der Waals surface area contributed by atoms with E-state index in [1.807, 2.05) is 4.90 Å². The highest BCUT2D eigenvalue weighted by Crippen LogP contribution is 2.27. The van der Waals surface area contributed by atoms with Crippen LogP contribution in [0.1, 0.15) is 72.1 Å². The Hall–Kier alpha value is -1.79. The molecule has 1 saturated carbocycles. The van der Waals surface area contributed by atoms with Crippen molar-refractivity contribution in [3.63, 3.8) is 0 Å². The van der Waals surface area contributed by atoms with Crippen molar-refractivity contribution in [1.82, 2.24) is 15.5 Å². The van der Waals surface area contributed by atoms with Gasteiger partial charge in [-0.1, -0.05) is 12.8 Å². The lowest BCUT2D eigenvalue weighted by atomic mass is 10.0. The first-order chi connectivity index (χ1) is 12.7. The lowest BCUT2D eigenvalue weighted by Gasteiger charge is -2.32. The normalized spacial score (nSPS) is 19.0. The number of carbonyl (C=O) groups is 3. The predicted octanol–water partition coefficient (Wildman–Crippen LogP) is 2.59. The van der Waals surface area contributed by atoms with E-state index in [2.05, 4.69) is 10.6 Å². The van der Waals surface area contributed by atoms with E-state index in [0.29, 0.717) is 25.4 Å². The average Bonchev–Trinajstić information content (AvgIpc) is 3.06. The van der Waals surface area contributed by atoms with Gasteiger partial charge < -0.3 is 20.3 Å². The number of rotatable bonds is 6. The van der Waals surface area contributed by atoms with Gasteiger partial charge in [0.1, 0.15) is 5.60 Å². The van der Waals surface area contributed by atoms with Crippen LogP contribution in [0.5, 0.6) is 0 Å². The number of amides is 3. The molecule has 7 heteroatoms. The summed E-state index contributed by atoms with van der Waals surface area (Å²) in [4.78, 5) is 37.8. The fourth-order valence-corrected chi connectivity index (χ4v) is 3.78. The topological polar surface area (TPSA) is 87.7 Å². The first-order valence-electron chi connectivity index (χ1n) is 10.3. The minimum atomic E-state index is -0.543. The van der Waals surface area contributed by atoms with Crippen LogP contribution in [0.4, 0.5) is 4.79 Å². The van der Waals surface area contributed by atoms with E-state index in [0.717, 1.165) is 12.8 Å². The molecule has 1 aliphatic carbocycles. The van der Waals surface area contributed by atoms with E-state index in [1.165, 1.54) is 25.7 Å². The highest BCUT2D eigenvalue weighted by atomic mass is 16.6. The van der Waals surface area contributed by atoms with Crippen molar-refractivity contribution >= 4 is 17.9 Å². The van der Waals surface area contributed by atoms with Crippen LogP contribution in [0, 0.1) is 5.92 Å². The first kappa shape index (κ1) is 21.5. The molecular weight excluding hydrogens is 346 g/mol. The van der Waals surface area contributed by atoms with Gasteiger partial charge >= 0.3 is 6.09 Å². The largest absolute Gasteiger partial charge is 0.444 e. The van der Waals surface area contributed by atoms with Gasteiger partial charge in [0.2, 0.25) is 11.8 Å². The summed E-state index contributed by atoms with van der Waals surface area (Å²) in [5, 5.41) is 5.75. The van der Waals surface area contributed by atoms with Gasteiger partial charge in [-0.3, -0.25) is 9.59 Å². The minimum absolute atomic E-state index is 0.0294. The quantitative estimate of drug-likeness (QED) is 0.740.